The highest BCUT2D eigenvalue weighted by molar-refractivity contribution is 8.00. The Morgan fingerprint density at radius 3 is 1.97 bits per heavy atom. The number of unbranched alkanes of at least 4 members (excludes halogenated alkanes) is 5. The fourth-order valence-electron chi connectivity index (χ4n) is 3.70. The van der Waals surface area contributed by atoms with Crippen molar-refractivity contribution in [2.45, 2.75) is 69.5 Å². The average molecular weight is 443 g/mol. The van der Waals surface area contributed by atoms with E-state index in [1.165, 1.54) is 55.0 Å². The van der Waals surface area contributed by atoms with Crippen molar-refractivity contribution < 1.29 is 19.8 Å². The van der Waals surface area contributed by atoms with Crippen LogP contribution in [0.1, 0.15) is 61.6 Å². The lowest BCUT2D eigenvalue weighted by atomic mass is 9.97. The Hall–Kier alpha value is -2.27. The van der Waals surface area contributed by atoms with Crippen LogP contribution in [-0.4, -0.2) is 33.2 Å². The second-order valence-electron chi connectivity index (χ2n) is 7.92. The summed E-state index contributed by atoms with van der Waals surface area (Å²) in [6.45, 7) is 0. The molecule has 31 heavy (non-hydrogen) atoms. The van der Waals surface area contributed by atoms with Crippen LogP contribution in [0.4, 0.5) is 0 Å². The average Bonchev–Trinajstić information content (AvgIpc) is 2.76. The zero-order chi connectivity index (χ0) is 22.3. The SMILES string of the molecule is O=C(O)CCS[C@@H](Cc1ccccc1CCCCCCCCc1ccccc1)C(=O)O. The molecule has 0 saturated carbocycles. The van der Waals surface area contributed by atoms with E-state index < -0.39 is 17.2 Å². The first-order chi connectivity index (χ1) is 15.1. The summed E-state index contributed by atoms with van der Waals surface area (Å²) in [5.74, 6) is -1.45. The Morgan fingerprint density at radius 1 is 0.742 bits per heavy atom. The lowest BCUT2D eigenvalue weighted by molar-refractivity contribution is -0.137. The van der Waals surface area contributed by atoms with E-state index in [0.29, 0.717) is 12.2 Å². The number of benzene rings is 2. The minimum atomic E-state index is -0.892. The van der Waals surface area contributed by atoms with Crippen molar-refractivity contribution in [1.29, 1.82) is 0 Å². The molecule has 2 rings (SSSR count). The molecule has 0 saturated heterocycles. The Labute approximate surface area is 190 Å². The number of thioether (sulfide) groups is 1. The maximum Gasteiger partial charge on any atom is 0.316 e. The summed E-state index contributed by atoms with van der Waals surface area (Å²) in [5, 5.41) is 17.7. The number of carbonyl (C=O) groups is 2. The number of aliphatic carboxylic acids is 2. The first kappa shape index (κ1) is 25.0. The van der Waals surface area contributed by atoms with Gasteiger partial charge in [0.1, 0.15) is 5.25 Å². The standard InChI is InChI=1S/C26H34O4S/c27-25(28)18-19-31-24(26(29)30)20-23-17-11-10-16-22(23)15-9-4-2-1-3-6-12-21-13-7-5-8-14-21/h5,7-8,10-11,13-14,16-17,24H,1-4,6,9,12,15,18-20H2,(H,27,28)(H,29,30)/t24-/m0/s1. The van der Waals surface area contributed by atoms with Crippen molar-refractivity contribution in [3.8, 4) is 0 Å². The monoisotopic (exact) mass is 442 g/mol. The fraction of sp³-hybridized carbons (Fsp3) is 0.462. The van der Waals surface area contributed by atoms with Gasteiger partial charge in [-0.1, -0.05) is 80.3 Å². The van der Waals surface area contributed by atoms with Crippen molar-refractivity contribution in [3.63, 3.8) is 0 Å². The summed E-state index contributed by atoms with van der Waals surface area (Å²) in [5.41, 5.74) is 3.71. The molecule has 0 aliphatic rings. The molecule has 0 fully saturated rings. The van der Waals surface area contributed by atoms with Gasteiger partial charge in [0.05, 0.1) is 6.42 Å². The summed E-state index contributed by atoms with van der Waals surface area (Å²) in [7, 11) is 0. The maximum atomic E-state index is 11.6. The van der Waals surface area contributed by atoms with E-state index in [1.807, 2.05) is 18.2 Å². The summed E-state index contributed by atoms with van der Waals surface area (Å²) in [6.07, 6.45) is 9.85. The van der Waals surface area contributed by atoms with Crippen LogP contribution in [0.2, 0.25) is 0 Å². The highest BCUT2D eigenvalue weighted by atomic mass is 32.2. The molecule has 2 aromatic rings. The van der Waals surface area contributed by atoms with Crippen molar-refractivity contribution >= 4 is 23.7 Å². The first-order valence-electron chi connectivity index (χ1n) is 11.2. The first-order valence-corrected chi connectivity index (χ1v) is 12.3. The van der Waals surface area contributed by atoms with Crippen molar-refractivity contribution in [1.82, 2.24) is 0 Å². The van der Waals surface area contributed by atoms with Gasteiger partial charge in [-0.2, -0.15) is 0 Å². The van der Waals surface area contributed by atoms with Crippen LogP contribution >= 0.6 is 11.8 Å². The molecule has 0 aliphatic carbocycles. The molecule has 0 radical (unpaired) electrons. The Bertz CT molecular complexity index is 791. The number of hydrogen-bond donors (Lipinski definition) is 2. The second-order valence-corrected chi connectivity index (χ2v) is 9.23. The molecule has 0 spiro atoms. The predicted molar refractivity (Wildman–Crippen MR) is 128 cm³/mol. The molecule has 0 aliphatic heterocycles. The third-order valence-corrected chi connectivity index (χ3v) is 6.65. The van der Waals surface area contributed by atoms with Gasteiger partial charge >= 0.3 is 11.9 Å². The van der Waals surface area contributed by atoms with Gasteiger partial charge in [-0.15, -0.1) is 11.8 Å². The molecular formula is C26H34O4S. The van der Waals surface area contributed by atoms with Crippen LogP contribution in [0.3, 0.4) is 0 Å². The fourth-order valence-corrected chi connectivity index (χ4v) is 4.72. The molecule has 0 aromatic heterocycles. The molecule has 2 N–H and O–H groups in total. The minimum absolute atomic E-state index is 0.0125. The molecule has 5 heteroatoms. The molecule has 0 unspecified atom stereocenters. The minimum Gasteiger partial charge on any atom is -0.481 e. The molecule has 168 valence electrons. The van der Waals surface area contributed by atoms with Crippen molar-refractivity contribution in [2.24, 2.45) is 0 Å². The van der Waals surface area contributed by atoms with E-state index in [4.69, 9.17) is 5.11 Å². The van der Waals surface area contributed by atoms with Crippen LogP contribution in [0.5, 0.6) is 0 Å². The number of aryl methyl sites for hydroxylation is 2. The normalized spacial score (nSPS) is 11.9. The molecule has 0 bridgehead atoms. The van der Waals surface area contributed by atoms with E-state index in [2.05, 4.69) is 36.4 Å². The van der Waals surface area contributed by atoms with Gasteiger partial charge < -0.3 is 10.2 Å². The third kappa shape index (κ3) is 10.5. The van der Waals surface area contributed by atoms with Gasteiger partial charge in [0, 0.05) is 5.75 Å². The van der Waals surface area contributed by atoms with E-state index in [-0.39, 0.29) is 6.42 Å². The van der Waals surface area contributed by atoms with Gasteiger partial charge in [-0.05, 0) is 48.8 Å². The van der Waals surface area contributed by atoms with Crippen LogP contribution in [0.25, 0.3) is 0 Å². The van der Waals surface area contributed by atoms with Crippen LogP contribution in [0, 0.1) is 0 Å². The Morgan fingerprint density at radius 2 is 1.32 bits per heavy atom. The molecular weight excluding hydrogens is 408 g/mol. The number of rotatable bonds is 16. The third-order valence-electron chi connectivity index (χ3n) is 5.44. The molecule has 1 atom stereocenters. The van der Waals surface area contributed by atoms with Crippen molar-refractivity contribution in [2.75, 3.05) is 5.75 Å². The molecule has 4 nitrogen and oxygen atoms in total. The van der Waals surface area contributed by atoms with Gasteiger partial charge in [0.25, 0.3) is 0 Å². The summed E-state index contributed by atoms with van der Waals surface area (Å²) in [6, 6.07) is 18.7. The summed E-state index contributed by atoms with van der Waals surface area (Å²) >= 11 is 1.22. The second kappa shape index (κ2) is 14.7. The van der Waals surface area contributed by atoms with E-state index in [0.717, 1.165) is 24.8 Å². The number of carboxylic acid groups (broad SMARTS) is 2. The van der Waals surface area contributed by atoms with Gasteiger partial charge in [0.2, 0.25) is 0 Å². The smallest absolute Gasteiger partial charge is 0.316 e. The highest BCUT2D eigenvalue weighted by Crippen LogP contribution is 2.22. The lowest BCUT2D eigenvalue weighted by Crippen LogP contribution is -2.21. The Balaban J connectivity index is 1.68. The lowest BCUT2D eigenvalue weighted by Gasteiger charge is -2.15. The molecule has 2 aromatic carbocycles. The largest absolute Gasteiger partial charge is 0.481 e. The highest BCUT2D eigenvalue weighted by Gasteiger charge is 2.20. The van der Waals surface area contributed by atoms with E-state index in [1.54, 1.807) is 0 Å². The topological polar surface area (TPSA) is 74.6 Å². The summed E-state index contributed by atoms with van der Waals surface area (Å²) in [4.78, 5) is 22.3. The zero-order valence-corrected chi connectivity index (χ0v) is 19.0. The molecule has 0 amide bonds. The Kier molecular flexibility index (Phi) is 11.8. The predicted octanol–water partition coefficient (Wildman–Crippen LogP) is 6.02. The van der Waals surface area contributed by atoms with Crippen LogP contribution in [-0.2, 0) is 28.9 Å². The van der Waals surface area contributed by atoms with E-state index in [9.17, 15) is 14.7 Å². The number of hydrogen-bond acceptors (Lipinski definition) is 3. The van der Waals surface area contributed by atoms with Gasteiger partial charge in [-0.25, -0.2) is 0 Å². The molecule has 0 heterocycles. The van der Waals surface area contributed by atoms with Gasteiger partial charge in [0.15, 0.2) is 0 Å². The van der Waals surface area contributed by atoms with Crippen LogP contribution in [0.15, 0.2) is 54.6 Å². The summed E-state index contributed by atoms with van der Waals surface area (Å²) < 4.78 is 0. The maximum absolute atomic E-state index is 11.6. The van der Waals surface area contributed by atoms with Crippen molar-refractivity contribution in [3.05, 3.63) is 71.3 Å². The van der Waals surface area contributed by atoms with E-state index >= 15 is 0 Å². The quantitative estimate of drug-likeness (QED) is 0.311. The zero-order valence-electron chi connectivity index (χ0n) is 18.2. The van der Waals surface area contributed by atoms with Crippen LogP contribution < -0.4 is 0 Å². The number of carboxylic acids is 2. The van der Waals surface area contributed by atoms with Gasteiger partial charge in [-0.3, -0.25) is 9.59 Å².